The molecular formula is C21H18ClN5O13S4. The van der Waals surface area contributed by atoms with E-state index in [1.165, 1.54) is 48.5 Å². The van der Waals surface area contributed by atoms with Crippen LogP contribution in [0.25, 0.3) is 10.8 Å². The maximum Gasteiger partial charge on any atom is 0.397 e. The van der Waals surface area contributed by atoms with Crippen LogP contribution in [0.3, 0.4) is 0 Å². The Morgan fingerprint density at radius 1 is 0.864 bits per heavy atom. The number of rotatable bonds is 13. The second-order valence-electron chi connectivity index (χ2n) is 8.28. The first-order chi connectivity index (χ1) is 20.6. The fraction of sp³-hybridized carbons (Fsp3) is 0.0952. The molecule has 0 aliphatic heterocycles. The number of aromatic hydroxyl groups is 1. The van der Waals surface area contributed by atoms with E-state index in [0.29, 0.717) is 12.0 Å². The quantitative estimate of drug-likeness (QED) is 0.0503. The molecule has 0 atom stereocenters. The molecule has 4 aromatic rings. The number of benzene rings is 3. The van der Waals surface area contributed by atoms with Crippen LogP contribution in [0.2, 0.25) is 5.28 Å². The number of aromatic nitrogens is 3. The minimum Gasteiger partial charge on any atom is -0.507 e. The first kappa shape index (κ1) is 33.5. The molecule has 0 radical (unpaired) electrons. The summed E-state index contributed by atoms with van der Waals surface area (Å²) in [5.41, 5.74) is 0.0342. The molecule has 23 heteroatoms. The third-order valence-electron chi connectivity index (χ3n) is 5.36. The van der Waals surface area contributed by atoms with Gasteiger partial charge in [-0.3, -0.25) is 9.11 Å². The van der Waals surface area contributed by atoms with Gasteiger partial charge in [-0.05, 0) is 60.1 Å². The van der Waals surface area contributed by atoms with E-state index >= 15 is 0 Å². The van der Waals surface area contributed by atoms with Crippen LogP contribution in [0.15, 0.2) is 63.2 Å². The summed E-state index contributed by atoms with van der Waals surface area (Å²) in [6.07, 6.45) is 0. The van der Waals surface area contributed by atoms with Crippen molar-refractivity contribution >= 4 is 88.0 Å². The van der Waals surface area contributed by atoms with Gasteiger partial charge in [0.15, 0.2) is 9.84 Å². The third-order valence-corrected chi connectivity index (χ3v) is 9.21. The van der Waals surface area contributed by atoms with Gasteiger partial charge in [-0.25, -0.2) is 17.9 Å². The number of phenolic OH excluding ortho intramolecular Hbond substituents is 1. The fourth-order valence-corrected chi connectivity index (χ4v) is 6.59. The highest BCUT2D eigenvalue weighted by molar-refractivity contribution is 7.94. The number of nitrogens with one attached hydrogen (secondary N) is 2. The average Bonchev–Trinajstić information content (AvgIpc) is 2.90. The zero-order valence-electron chi connectivity index (χ0n) is 21.3. The Morgan fingerprint density at radius 3 is 2.14 bits per heavy atom. The lowest BCUT2D eigenvalue weighted by Gasteiger charge is -2.14. The van der Waals surface area contributed by atoms with E-state index in [4.69, 9.17) is 21.4 Å². The van der Waals surface area contributed by atoms with Crippen molar-refractivity contribution in [3.05, 3.63) is 53.8 Å². The Labute approximate surface area is 257 Å². The van der Waals surface area contributed by atoms with Crippen molar-refractivity contribution < 1.29 is 58.3 Å². The van der Waals surface area contributed by atoms with Crippen LogP contribution >= 0.6 is 23.6 Å². The zero-order valence-corrected chi connectivity index (χ0v) is 25.4. The monoisotopic (exact) mass is 711 g/mol. The van der Waals surface area contributed by atoms with E-state index in [1.54, 1.807) is 0 Å². The van der Waals surface area contributed by atoms with Crippen molar-refractivity contribution in [1.29, 1.82) is 0 Å². The van der Waals surface area contributed by atoms with Crippen LogP contribution in [-0.2, 0) is 43.9 Å². The molecule has 0 spiro atoms. The number of sulfone groups is 1. The van der Waals surface area contributed by atoms with Gasteiger partial charge < -0.3 is 15.7 Å². The van der Waals surface area contributed by atoms with E-state index in [-0.39, 0.29) is 54.9 Å². The summed E-state index contributed by atoms with van der Waals surface area (Å²) in [6, 6.07) is 10.0. The second-order valence-corrected chi connectivity index (χ2v) is 13.9. The van der Waals surface area contributed by atoms with E-state index in [0.717, 1.165) is 0 Å². The number of hydrogen-bond donors (Lipinski definition) is 6. The van der Waals surface area contributed by atoms with E-state index in [9.17, 15) is 34.9 Å². The summed E-state index contributed by atoms with van der Waals surface area (Å²) in [5.74, 6) is -1.58. The highest BCUT2D eigenvalue weighted by Crippen LogP contribution is 2.39. The van der Waals surface area contributed by atoms with Gasteiger partial charge in [-0.1, -0.05) is 5.04 Å². The van der Waals surface area contributed by atoms with Crippen molar-refractivity contribution in [2.24, 2.45) is 0 Å². The molecule has 0 aliphatic rings. The Kier molecular flexibility index (Phi) is 10.1. The highest BCUT2D eigenvalue weighted by Gasteiger charge is 2.23. The number of phenols is 1. The summed E-state index contributed by atoms with van der Waals surface area (Å²) in [4.78, 5) is 11.1. The van der Waals surface area contributed by atoms with E-state index < -0.39 is 47.6 Å². The molecule has 0 bridgehead atoms. The maximum atomic E-state index is 12.4. The van der Waals surface area contributed by atoms with Gasteiger partial charge in [0.1, 0.15) is 10.6 Å². The standard InChI is InChI=1S/C21H18ClN5O13S4/c22-19-25-20(23-11-1-3-13(4-2-11)42(30,31)8-7-38-44(35,36)37)27-21(26-19)24-16-6-5-14-15(18(16)43(32,33)34)9-12(10-17(14)28)41-40-39-29/h1-6,9-10,28-29H,7-8H2,(H,32,33,34)(H,35,36,37)(H2,23,24,25,26,27). The first-order valence-electron chi connectivity index (χ1n) is 11.4. The van der Waals surface area contributed by atoms with Crippen molar-refractivity contribution in [2.75, 3.05) is 23.0 Å². The summed E-state index contributed by atoms with van der Waals surface area (Å²) in [6.45, 7) is -0.800. The van der Waals surface area contributed by atoms with Crippen LogP contribution < -0.4 is 10.6 Å². The first-order valence-corrected chi connectivity index (χ1v) is 17.0. The van der Waals surface area contributed by atoms with Crippen LogP contribution in [0.4, 0.5) is 23.3 Å². The smallest absolute Gasteiger partial charge is 0.397 e. The van der Waals surface area contributed by atoms with Crippen molar-refractivity contribution in [2.45, 2.75) is 14.7 Å². The molecule has 0 fully saturated rings. The highest BCUT2D eigenvalue weighted by atomic mass is 35.5. The Balaban J connectivity index is 1.61. The number of hydrogen-bond acceptors (Lipinski definition) is 17. The fourth-order valence-electron chi connectivity index (χ4n) is 3.67. The number of anilines is 4. The molecule has 0 amide bonds. The van der Waals surface area contributed by atoms with Gasteiger partial charge in [0.2, 0.25) is 17.2 Å². The topological polar surface area (TPSA) is 274 Å². The van der Waals surface area contributed by atoms with E-state index in [1.807, 2.05) is 0 Å². The number of nitrogens with zero attached hydrogens (tertiary/aromatic N) is 3. The molecule has 0 saturated heterocycles. The summed E-state index contributed by atoms with van der Waals surface area (Å²) >= 11 is 6.45. The van der Waals surface area contributed by atoms with Crippen molar-refractivity contribution in [3.8, 4) is 5.75 Å². The average molecular weight is 712 g/mol. The third kappa shape index (κ3) is 8.60. The molecule has 18 nitrogen and oxygen atoms in total. The predicted octanol–water partition coefficient (Wildman–Crippen LogP) is 3.14. The lowest BCUT2D eigenvalue weighted by atomic mass is 10.1. The van der Waals surface area contributed by atoms with Crippen molar-refractivity contribution in [1.82, 2.24) is 15.0 Å². The molecule has 0 saturated carbocycles. The SMILES string of the molecule is O=S(=O)(O)OCCS(=O)(=O)c1ccc(Nc2nc(Cl)nc(Nc3ccc4c(O)cc(SOOO)cc4c3S(=O)(=O)O)n2)cc1. The van der Waals surface area contributed by atoms with E-state index in [2.05, 4.69) is 39.1 Å². The number of fused-ring (bicyclic) bond motifs is 1. The lowest BCUT2D eigenvalue weighted by molar-refractivity contribution is -0.432. The molecule has 6 N–H and O–H groups in total. The van der Waals surface area contributed by atoms with Gasteiger partial charge in [0.25, 0.3) is 10.1 Å². The minimum absolute atomic E-state index is 0.0323. The molecule has 3 aromatic carbocycles. The molecule has 236 valence electrons. The zero-order chi connectivity index (χ0) is 32.3. The normalized spacial score (nSPS) is 12.4. The second kappa shape index (κ2) is 13.3. The predicted molar refractivity (Wildman–Crippen MR) is 153 cm³/mol. The molecule has 0 aliphatic carbocycles. The van der Waals surface area contributed by atoms with Crippen molar-refractivity contribution in [3.63, 3.8) is 0 Å². The Morgan fingerprint density at radius 2 is 1.52 bits per heavy atom. The molecule has 1 heterocycles. The van der Waals surface area contributed by atoms with Gasteiger partial charge in [-0.15, -0.1) is 4.33 Å². The van der Waals surface area contributed by atoms with Gasteiger partial charge in [0.05, 0.1) is 35.0 Å². The summed E-state index contributed by atoms with van der Waals surface area (Å²) in [7, 11) is -13.7. The Hall–Kier alpha value is -3.42. The molecule has 44 heavy (non-hydrogen) atoms. The molecule has 4 rings (SSSR count). The van der Waals surface area contributed by atoms with Gasteiger partial charge >= 0.3 is 10.4 Å². The molecule has 1 aromatic heterocycles. The molecule has 0 unspecified atom stereocenters. The van der Waals surface area contributed by atoms with Crippen LogP contribution in [0.5, 0.6) is 5.75 Å². The van der Waals surface area contributed by atoms with Crippen LogP contribution in [0.1, 0.15) is 0 Å². The number of halogens is 1. The van der Waals surface area contributed by atoms with Crippen LogP contribution in [0, 0.1) is 0 Å². The summed E-state index contributed by atoms with van der Waals surface area (Å²) < 4.78 is 97.8. The summed E-state index contributed by atoms with van der Waals surface area (Å²) in [5, 5.41) is 27.2. The van der Waals surface area contributed by atoms with Gasteiger partial charge in [-0.2, -0.15) is 31.8 Å². The maximum absolute atomic E-state index is 12.4. The Bertz CT molecular complexity index is 2030. The minimum atomic E-state index is -4.96. The van der Waals surface area contributed by atoms with Crippen LogP contribution in [-0.4, -0.2) is 72.0 Å². The largest absolute Gasteiger partial charge is 0.507 e. The molecular weight excluding hydrogens is 694 g/mol. The lowest BCUT2D eigenvalue weighted by Crippen LogP contribution is -2.15. The van der Waals surface area contributed by atoms with Gasteiger partial charge in [0, 0.05) is 21.4 Å².